The first kappa shape index (κ1) is 16.8. The van der Waals surface area contributed by atoms with Gasteiger partial charge in [0.2, 0.25) is 5.91 Å². The number of rotatable bonds is 6. The Kier molecular flexibility index (Phi) is 5.37. The predicted molar refractivity (Wildman–Crippen MR) is 99.6 cm³/mol. The number of hydrogen-bond acceptors (Lipinski definition) is 5. The van der Waals surface area contributed by atoms with E-state index in [4.69, 9.17) is 4.98 Å². The highest BCUT2D eigenvalue weighted by molar-refractivity contribution is 7.10. The van der Waals surface area contributed by atoms with Gasteiger partial charge in [0, 0.05) is 36.2 Å². The van der Waals surface area contributed by atoms with Gasteiger partial charge in [0.1, 0.15) is 0 Å². The number of carbonyl (C=O) groups is 1. The molecule has 124 valence electrons. The molecule has 1 N–H and O–H groups in total. The zero-order valence-corrected chi connectivity index (χ0v) is 15.3. The average molecular weight is 358 g/mol. The molecule has 4 nitrogen and oxygen atoms in total. The summed E-state index contributed by atoms with van der Waals surface area (Å²) in [6.45, 7) is 4.23. The van der Waals surface area contributed by atoms with Gasteiger partial charge in [-0.2, -0.15) is 0 Å². The number of hydrogen-bond donors (Lipinski definition) is 1. The molecule has 0 aliphatic rings. The maximum absolute atomic E-state index is 10.9. The molecule has 0 bridgehead atoms. The lowest BCUT2D eigenvalue weighted by Gasteiger charge is -2.03. The topological polar surface area (TPSA) is 54.9 Å². The summed E-state index contributed by atoms with van der Waals surface area (Å²) < 4.78 is 0. The number of amides is 1. The molecule has 6 heteroatoms. The predicted octanol–water partition coefficient (Wildman–Crippen LogP) is 3.84. The Morgan fingerprint density at radius 3 is 2.58 bits per heavy atom. The van der Waals surface area contributed by atoms with E-state index in [2.05, 4.69) is 45.3 Å². The Hall–Kier alpha value is -2.05. The van der Waals surface area contributed by atoms with Crippen molar-refractivity contribution >= 4 is 28.6 Å². The van der Waals surface area contributed by atoms with E-state index in [1.54, 1.807) is 22.7 Å². The van der Waals surface area contributed by atoms with Crippen LogP contribution in [0.5, 0.6) is 0 Å². The van der Waals surface area contributed by atoms with Crippen molar-refractivity contribution < 1.29 is 4.79 Å². The molecule has 2 heterocycles. The van der Waals surface area contributed by atoms with Crippen LogP contribution in [0.2, 0.25) is 0 Å². The van der Waals surface area contributed by atoms with E-state index in [0.29, 0.717) is 6.54 Å². The molecular weight excluding hydrogens is 338 g/mol. The van der Waals surface area contributed by atoms with E-state index in [-0.39, 0.29) is 5.91 Å². The normalized spacial score (nSPS) is 10.8. The molecule has 0 radical (unpaired) electrons. The van der Waals surface area contributed by atoms with Crippen molar-refractivity contribution in [1.82, 2.24) is 15.3 Å². The van der Waals surface area contributed by atoms with E-state index in [0.717, 1.165) is 39.8 Å². The van der Waals surface area contributed by atoms with Crippen molar-refractivity contribution in [2.45, 2.75) is 26.7 Å². The Bertz CT molecular complexity index is 821. The zero-order chi connectivity index (χ0) is 16.9. The molecule has 0 spiro atoms. The fourth-order valence-corrected chi connectivity index (χ4v) is 3.83. The van der Waals surface area contributed by atoms with Crippen LogP contribution >= 0.6 is 22.7 Å². The smallest absolute Gasteiger partial charge is 0.216 e. The SMILES string of the molecule is CC(=O)NCCc1ccc(-c2csc(Cc3csc(C)n3)n2)cc1. The molecule has 0 aliphatic carbocycles. The van der Waals surface area contributed by atoms with E-state index in [1.807, 2.05) is 6.92 Å². The van der Waals surface area contributed by atoms with Crippen molar-refractivity contribution in [3.63, 3.8) is 0 Å². The van der Waals surface area contributed by atoms with Gasteiger partial charge in [-0.05, 0) is 18.9 Å². The highest BCUT2D eigenvalue weighted by atomic mass is 32.1. The Balaban J connectivity index is 1.63. The van der Waals surface area contributed by atoms with Crippen molar-refractivity contribution in [3.05, 3.63) is 56.3 Å². The molecule has 3 rings (SSSR count). The summed E-state index contributed by atoms with van der Waals surface area (Å²) in [6, 6.07) is 8.38. The van der Waals surface area contributed by atoms with Crippen LogP contribution in [-0.4, -0.2) is 22.4 Å². The number of carbonyl (C=O) groups excluding carboxylic acids is 1. The Morgan fingerprint density at radius 1 is 1.12 bits per heavy atom. The summed E-state index contributed by atoms with van der Waals surface area (Å²) in [4.78, 5) is 20.1. The number of aryl methyl sites for hydroxylation is 1. The first-order valence-corrected chi connectivity index (χ1v) is 9.55. The van der Waals surface area contributed by atoms with E-state index in [1.165, 1.54) is 12.5 Å². The number of thiazole rings is 2. The first-order chi connectivity index (χ1) is 11.6. The van der Waals surface area contributed by atoms with Crippen LogP contribution < -0.4 is 5.32 Å². The van der Waals surface area contributed by atoms with Gasteiger partial charge in [0.05, 0.1) is 21.4 Å². The summed E-state index contributed by atoms with van der Waals surface area (Å²) in [5, 5.41) is 9.19. The third-order valence-electron chi connectivity index (χ3n) is 3.59. The molecule has 0 fully saturated rings. The third kappa shape index (κ3) is 4.49. The summed E-state index contributed by atoms with van der Waals surface area (Å²) >= 11 is 3.35. The Labute approximate surface area is 149 Å². The molecule has 0 saturated heterocycles. The third-order valence-corrected chi connectivity index (χ3v) is 5.26. The Morgan fingerprint density at radius 2 is 1.92 bits per heavy atom. The highest BCUT2D eigenvalue weighted by Crippen LogP contribution is 2.24. The standard InChI is InChI=1S/C18H19N3OS2/c1-12(22)19-8-7-14-3-5-15(6-4-14)17-11-24-18(21-17)9-16-10-23-13(2)20-16/h3-6,10-11H,7-9H2,1-2H3,(H,19,22). The molecule has 0 unspecified atom stereocenters. The van der Waals surface area contributed by atoms with Crippen molar-refractivity contribution in [2.75, 3.05) is 6.54 Å². The second-order valence-electron chi connectivity index (χ2n) is 5.59. The lowest BCUT2D eigenvalue weighted by Crippen LogP contribution is -2.22. The number of aromatic nitrogens is 2. The summed E-state index contributed by atoms with van der Waals surface area (Å²) in [7, 11) is 0. The highest BCUT2D eigenvalue weighted by Gasteiger charge is 2.07. The molecule has 1 amide bonds. The molecule has 24 heavy (non-hydrogen) atoms. The molecule has 0 aliphatic heterocycles. The molecule has 2 aromatic heterocycles. The average Bonchev–Trinajstić information content (AvgIpc) is 3.17. The minimum atomic E-state index is 0.0110. The van der Waals surface area contributed by atoms with Crippen LogP contribution in [-0.2, 0) is 17.6 Å². The fraction of sp³-hybridized carbons (Fsp3) is 0.278. The number of nitrogens with one attached hydrogen (secondary N) is 1. The van der Waals surface area contributed by atoms with Crippen molar-refractivity contribution in [2.24, 2.45) is 0 Å². The van der Waals surface area contributed by atoms with E-state index in [9.17, 15) is 4.79 Å². The van der Waals surface area contributed by atoms with Gasteiger partial charge < -0.3 is 5.32 Å². The minimum absolute atomic E-state index is 0.0110. The molecule has 3 aromatic rings. The lowest BCUT2D eigenvalue weighted by atomic mass is 10.1. The second-order valence-corrected chi connectivity index (χ2v) is 7.60. The van der Waals surface area contributed by atoms with E-state index >= 15 is 0 Å². The zero-order valence-electron chi connectivity index (χ0n) is 13.7. The van der Waals surface area contributed by atoms with Gasteiger partial charge in [-0.3, -0.25) is 4.79 Å². The molecular formula is C18H19N3OS2. The van der Waals surface area contributed by atoms with Crippen LogP contribution in [0.1, 0.15) is 28.2 Å². The van der Waals surface area contributed by atoms with Gasteiger partial charge in [0.25, 0.3) is 0 Å². The van der Waals surface area contributed by atoms with Gasteiger partial charge in [-0.15, -0.1) is 22.7 Å². The number of nitrogens with zero attached hydrogens (tertiary/aromatic N) is 2. The largest absolute Gasteiger partial charge is 0.356 e. The van der Waals surface area contributed by atoms with Gasteiger partial charge in [0.15, 0.2) is 0 Å². The molecule has 0 atom stereocenters. The quantitative estimate of drug-likeness (QED) is 0.729. The van der Waals surface area contributed by atoms with Gasteiger partial charge in [-0.25, -0.2) is 9.97 Å². The van der Waals surface area contributed by atoms with E-state index < -0.39 is 0 Å². The summed E-state index contributed by atoms with van der Waals surface area (Å²) in [6.07, 6.45) is 1.63. The van der Waals surface area contributed by atoms with Gasteiger partial charge in [-0.1, -0.05) is 24.3 Å². The molecule has 1 aromatic carbocycles. The first-order valence-electron chi connectivity index (χ1n) is 7.79. The maximum atomic E-state index is 10.9. The summed E-state index contributed by atoms with van der Waals surface area (Å²) in [5.74, 6) is 0.0110. The van der Waals surface area contributed by atoms with Gasteiger partial charge >= 0.3 is 0 Å². The fourth-order valence-electron chi connectivity index (χ4n) is 2.39. The van der Waals surface area contributed by atoms with Crippen molar-refractivity contribution in [3.8, 4) is 11.3 Å². The van der Waals surface area contributed by atoms with Crippen molar-refractivity contribution in [1.29, 1.82) is 0 Å². The molecule has 0 saturated carbocycles. The summed E-state index contributed by atoms with van der Waals surface area (Å²) in [5.41, 5.74) is 4.43. The minimum Gasteiger partial charge on any atom is -0.356 e. The monoisotopic (exact) mass is 357 g/mol. The van der Waals surface area contributed by atoms with Crippen LogP contribution in [0.3, 0.4) is 0 Å². The van der Waals surface area contributed by atoms with Crippen LogP contribution in [0.15, 0.2) is 35.0 Å². The number of benzene rings is 1. The second kappa shape index (κ2) is 7.68. The maximum Gasteiger partial charge on any atom is 0.216 e. The van der Waals surface area contributed by atoms with Crippen LogP contribution in [0, 0.1) is 6.92 Å². The van der Waals surface area contributed by atoms with Crippen LogP contribution in [0.4, 0.5) is 0 Å². The van der Waals surface area contributed by atoms with Crippen LogP contribution in [0.25, 0.3) is 11.3 Å². The lowest BCUT2D eigenvalue weighted by molar-refractivity contribution is -0.118.